The molecule has 0 atom stereocenters. The van der Waals surface area contributed by atoms with Gasteiger partial charge in [-0.05, 0) is 61.7 Å². The molecular weight excluding hydrogens is 394 g/mol. The number of aryl methyl sites for hydroxylation is 2. The van der Waals surface area contributed by atoms with Gasteiger partial charge in [0.2, 0.25) is 0 Å². The fourth-order valence-electron chi connectivity index (χ4n) is 3.19. The predicted molar refractivity (Wildman–Crippen MR) is 120 cm³/mol. The SMILES string of the molecule is COc1cccc(-c2ccc(=O)n(CCNC(=O)COc3cc(C)cc(C)c3C)n2)c1. The van der Waals surface area contributed by atoms with Gasteiger partial charge in [0.15, 0.2) is 6.61 Å². The summed E-state index contributed by atoms with van der Waals surface area (Å²) in [7, 11) is 1.60. The summed E-state index contributed by atoms with van der Waals surface area (Å²) < 4.78 is 12.3. The van der Waals surface area contributed by atoms with Gasteiger partial charge in [0.25, 0.3) is 11.5 Å². The molecule has 0 radical (unpaired) electrons. The molecule has 1 aromatic heterocycles. The minimum atomic E-state index is -0.254. The summed E-state index contributed by atoms with van der Waals surface area (Å²) in [5.41, 5.74) is 4.48. The molecule has 1 amide bonds. The van der Waals surface area contributed by atoms with Crippen molar-refractivity contribution in [3.63, 3.8) is 0 Å². The van der Waals surface area contributed by atoms with E-state index in [9.17, 15) is 9.59 Å². The third kappa shape index (κ3) is 5.72. The van der Waals surface area contributed by atoms with E-state index in [2.05, 4.69) is 16.5 Å². The Morgan fingerprint density at radius 3 is 2.68 bits per heavy atom. The van der Waals surface area contributed by atoms with Crippen molar-refractivity contribution >= 4 is 5.91 Å². The Morgan fingerprint density at radius 1 is 1.10 bits per heavy atom. The van der Waals surface area contributed by atoms with Crippen molar-refractivity contribution in [3.05, 3.63) is 75.6 Å². The quantitative estimate of drug-likeness (QED) is 0.605. The lowest BCUT2D eigenvalue weighted by Crippen LogP contribution is -2.34. The van der Waals surface area contributed by atoms with E-state index in [1.54, 1.807) is 13.2 Å². The zero-order chi connectivity index (χ0) is 22.4. The Hall–Kier alpha value is -3.61. The van der Waals surface area contributed by atoms with E-state index in [0.29, 0.717) is 17.2 Å². The van der Waals surface area contributed by atoms with Crippen LogP contribution in [0.3, 0.4) is 0 Å². The maximum Gasteiger partial charge on any atom is 0.266 e. The van der Waals surface area contributed by atoms with Crippen molar-refractivity contribution in [1.82, 2.24) is 15.1 Å². The molecule has 0 aliphatic carbocycles. The molecule has 0 aliphatic heterocycles. The summed E-state index contributed by atoms with van der Waals surface area (Å²) in [5.74, 6) is 1.16. The molecule has 0 saturated heterocycles. The van der Waals surface area contributed by atoms with Crippen LogP contribution in [0.1, 0.15) is 16.7 Å². The summed E-state index contributed by atoms with van der Waals surface area (Å²) in [5, 5.41) is 7.18. The minimum Gasteiger partial charge on any atom is -0.497 e. The number of methoxy groups -OCH3 is 1. The summed E-state index contributed by atoms with van der Waals surface area (Å²) in [6.07, 6.45) is 0. The van der Waals surface area contributed by atoms with Crippen molar-refractivity contribution in [1.29, 1.82) is 0 Å². The zero-order valence-corrected chi connectivity index (χ0v) is 18.3. The first-order valence-corrected chi connectivity index (χ1v) is 10.1. The lowest BCUT2D eigenvalue weighted by molar-refractivity contribution is -0.123. The average molecular weight is 421 g/mol. The van der Waals surface area contributed by atoms with Crippen LogP contribution in [0.5, 0.6) is 11.5 Å². The number of hydrogen-bond acceptors (Lipinski definition) is 5. The standard InChI is InChI=1S/C24H27N3O4/c1-16-12-17(2)18(3)22(13-16)31-15-23(28)25-10-11-27-24(29)9-8-21(26-27)19-6-5-7-20(14-19)30-4/h5-9,12-14H,10-11,15H2,1-4H3,(H,25,28). The van der Waals surface area contributed by atoms with E-state index < -0.39 is 0 Å². The number of amides is 1. The number of aromatic nitrogens is 2. The Bertz CT molecular complexity index is 1140. The molecule has 3 aromatic rings. The molecule has 31 heavy (non-hydrogen) atoms. The Balaban J connectivity index is 1.58. The molecule has 7 heteroatoms. The zero-order valence-electron chi connectivity index (χ0n) is 18.3. The van der Waals surface area contributed by atoms with Gasteiger partial charge in [-0.25, -0.2) is 4.68 Å². The second kappa shape index (κ2) is 9.93. The van der Waals surface area contributed by atoms with E-state index in [4.69, 9.17) is 9.47 Å². The predicted octanol–water partition coefficient (Wildman–Crippen LogP) is 3.04. The highest BCUT2D eigenvalue weighted by Crippen LogP contribution is 2.23. The van der Waals surface area contributed by atoms with Crippen molar-refractivity contribution < 1.29 is 14.3 Å². The van der Waals surface area contributed by atoms with E-state index in [-0.39, 0.29) is 31.2 Å². The number of carbonyl (C=O) groups is 1. The highest BCUT2D eigenvalue weighted by atomic mass is 16.5. The molecule has 3 rings (SSSR count). The van der Waals surface area contributed by atoms with Crippen molar-refractivity contribution in [2.24, 2.45) is 0 Å². The molecule has 0 bridgehead atoms. The Kier molecular flexibility index (Phi) is 7.07. The van der Waals surface area contributed by atoms with Gasteiger partial charge in [-0.3, -0.25) is 9.59 Å². The van der Waals surface area contributed by atoms with Gasteiger partial charge in [0.05, 0.1) is 19.3 Å². The van der Waals surface area contributed by atoms with Crippen LogP contribution in [0, 0.1) is 20.8 Å². The summed E-state index contributed by atoms with van der Waals surface area (Å²) in [4.78, 5) is 24.3. The minimum absolute atomic E-state index is 0.0874. The lowest BCUT2D eigenvalue weighted by Gasteiger charge is -2.13. The normalized spacial score (nSPS) is 10.6. The van der Waals surface area contributed by atoms with Crippen LogP contribution in [0.15, 0.2) is 53.3 Å². The first kappa shape index (κ1) is 22.1. The smallest absolute Gasteiger partial charge is 0.266 e. The van der Waals surface area contributed by atoms with Gasteiger partial charge < -0.3 is 14.8 Å². The molecule has 2 aromatic carbocycles. The fourth-order valence-corrected chi connectivity index (χ4v) is 3.19. The molecule has 1 heterocycles. The van der Waals surface area contributed by atoms with E-state index >= 15 is 0 Å². The highest BCUT2D eigenvalue weighted by molar-refractivity contribution is 5.77. The third-order valence-corrected chi connectivity index (χ3v) is 5.00. The monoisotopic (exact) mass is 421 g/mol. The average Bonchev–Trinajstić information content (AvgIpc) is 2.76. The van der Waals surface area contributed by atoms with Crippen molar-refractivity contribution in [2.45, 2.75) is 27.3 Å². The maximum absolute atomic E-state index is 12.2. The number of nitrogens with zero attached hydrogens (tertiary/aromatic N) is 2. The number of rotatable bonds is 8. The van der Waals surface area contributed by atoms with Crippen LogP contribution in [0.4, 0.5) is 0 Å². The van der Waals surface area contributed by atoms with Crippen molar-refractivity contribution in [3.8, 4) is 22.8 Å². The van der Waals surface area contributed by atoms with Crippen LogP contribution in [0.25, 0.3) is 11.3 Å². The van der Waals surface area contributed by atoms with Gasteiger partial charge in [0.1, 0.15) is 11.5 Å². The third-order valence-electron chi connectivity index (χ3n) is 5.00. The Morgan fingerprint density at radius 2 is 1.90 bits per heavy atom. The van der Waals surface area contributed by atoms with Crippen LogP contribution in [-0.4, -0.2) is 35.9 Å². The van der Waals surface area contributed by atoms with Gasteiger partial charge in [-0.1, -0.05) is 18.2 Å². The molecule has 0 spiro atoms. The molecule has 7 nitrogen and oxygen atoms in total. The van der Waals surface area contributed by atoms with Gasteiger partial charge >= 0.3 is 0 Å². The van der Waals surface area contributed by atoms with E-state index in [1.165, 1.54) is 10.7 Å². The number of nitrogens with one attached hydrogen (secondary N) is 1. The topological polar surface area (TPSA) is 82.5 Å². The second-order valence-electron chi connectivity index (χ2n) is 7.36. The van der Waals surface area contributed by atoms with Crippen LogP contribution < -0.4 is 20.3 Å². The number of ether oxygens (including phenoxy) is 2. The molecule has 1 N–H and O–H groups in total. The van der Waals surface area contributed by atoms with Crippen molar-refractivity contribution in [2.75, 3.05) is 20.3 Å². The Labute approximate surface area is 181 Å². The van der Waals surface area contributed by atoms with E-state index in [0.717, 1.165) is 22.3 Å². The highest BCUT2D eigenvalue weighted by Gasteiger charge is 2.09. The van der Waals surface area contributed by atoms with E-state index in [1.807, 2.05) is 51.1 Å². The molecule has 162 valence electrons. The van der Waals surface area contributed by atoms with Gasteiger partial charge in [-0.15, -0.1) is 0 Å². The van der Waals surface area contributed by atoms with Gasteiger partial charge in [0, 0.05) is 18.2 Å². The van der Waals surface area contributed by atoms with Crippen LogP contribution in [-0.2, 0) is 11.3 Å². The lowest BCUT2D eigenvalue weighted by atomic mass is 10.1. The van der Waals surface area contributed by atoms with Crippen LogP contribution >= 0.6 is 0 Å². The number of benzene rings is 2. The molecular formula is C24H27N3O4. The first-order chi connectivity index (χ1) is 14.9. The largest absolute Gasteiger partial charge is 0.497 e. The van der Waals surface area contributed by atoms with Gasteiger partial charge in [-0.2, -0.15) is 5.10 Å². The fraction of sp³-hybridized carbons (Fsp3) is 0.292. The summed E-state index contributed by atoms with van der Waals surface area (Å²) in [6.45, 7) is 6.40. The second-order valence-corrected chi connectivity index (χ2v) is 7.36. The van der Waals surface area contributed by atoms with Crippen LogP contribution in [0.2, 0.25) is 0 Å². The molecule has 0 fully saturated rings. The number of carbonyl (C=O) groups excluding carboxylic acids is 1. The molecule has 0 aliphatic rings. The first-order valence-electron chi connectivity index (χ1n) is 10.1. The number of hydrogen-bond donors (Lipinski definition) is 1. The molecule has 0 unspecified atom stereocenters. The molecule has 0 saturated carbocycles. The summed E-state index contributed by atoms with van der Waals surface area (Å²) >= 11 is 0. The summed E-state index contributed by atoms with van der Waals surface area (Å²) in [6, 6.07) is 14.6. The maximum atomic E-state index is 12.2.